The molecule has 0 radical (unpaired) electrons. The van der Waals surface area contributed by atoms with Crippen LogP contribution >= 0.6 is 0 Å². The number of carbonyl (C=O) groups is 2. The van der Waals surface area contributed by atoms with Gasteiger partial charge in [0.05, 0.1) is 19.1 Å². The van der Waals surface area contributed by atoms with Crippen LogP contribution in [0.3, 0.4) is 0 Å². The van der Waals surface area contributed by atoms with Crippen molar-refractivity contribution < 1.29 is 19.1 Å². The number of hydrogen-bond acceptors (Lipinski definition) is 4. The summed E-state index contributed by atoms with van der Waals surface area (Å²) in [4.78, 5) is 24.9. The average Bonchev–Trinajstić information content (AvgIpc) is 3.03. The average molecular weight is 320 g/mol. The molecule has 0 unspecified atom stereocenters. The van der Waals surface area contributed by atoms with Gasteiger partial charge < -0.3 is 20.1 Å². The molecule has 2 amide bonds. The van der Waals surface area contributed by atoms with Gasteiger partial charge in [-0.15, -0.1) is 0 Å². The zero-order valence-corrected chi connectivity index (χ0v) is 13.5. The van der Waals surface area contributed by atoms with Crippen molar-refractivity contribution in [1.29, 1.82) is 0 Å². The number of likely N-dealkylation sites (tertiary alicyclic amines) is 1. The number of primary amides is 1. The van der Waals surface area contributed by atoms with Gasteiger partial charge in [-0.05, 0) is 44.0 Å². The summed E-state index contributed by atoms with van der Waals surface area (Å²) in [6.45, 7) is 4.12. The van der Waals surface area contributed by atoms with Gasteiger partial charge in [-0.3, -0.25) is 9.59 Å². The number of amides is 2. The molecular weight excluding hydrogens is 296 g/mol. The summed E-state index contributed by atoms with van der Waals surface area (Å²) in [7, 11) is 0. The predicted octanol–water partition coefficient (Wildman–Crippen LogP) is 1.58. The van der Waals surface area contributed by atoms with Crippen LogP contribution in [0.15, 0.2) is 24.3 Å². The Morgan fingerprint density at radius 2 is 1.87 bits per heavy atom. The van der Waals surface area contributed by atoms with Crippen LogP contribution in [0.1, 0.15) is 26.2 Å². The minimum absolute atomic E-state index is 0.0593. The Hall–Kier alpha value is -2.24. The molecule has 6 nitrogen and oxygen atoms in total. The lowest BCUT2D eigenvalue weighted by molar-refractivity contribution is -0.130. The Kier molecular flexibility index (Phi) is 6.26. The van der Waals surface area contributed by atoms with Gasteiger partial charge in [0.1, 0.15) is 11.5 Å². The first-order valence-electron chi connectivity index (χ1n) is 8.03. The monoisotopic (exact) mass is 320 g/mol. The summed E-state index contributed by atoms with van der Waals surface area (Å²) in [5, 5.41) is 0. The van der Waals surface area contributed by atoms with E-state index in [0.717, 1.165) is 11.5 Å². The highest BCUT2D eigenvalue weighted by Gasteiger charge is 2.29. The zero-order valence-electron chi connectivity index (χ0n) is 13.5. The van der Waals surface area contributed by atoms with Crippen LogP contribution in [0.2, 0.25) is 0 Å². The molecule has 0 saturated carbocycles. The van der Waals surface area contributed by atoms with E-state index in [1.54, 1.807) is 4.90 Å². The van der Waals surface area contributed by atoms with Crippen molar-refractivity contribution >= 4 is 11.8 Å². The summed E-state index contributed by atoms with van der Waals surface area (Å²) in [6.07, 6.45) is 1.73. The van der Waals surface area contributed by atoms with E-state index in [4.69, 9.17) is 15.2 Å². The molecule has 2 N–H and O–H groups in total. The van der Waals surface area contributed by atoms with Crippen molar-refractivity contribution in [2.45, 2.75) is 26.2 Å². The normalized spacial score (nSPS) is 17.1. The van der Waals surface area contributed by atoms with Crippen LogP contribution in [0.25, 0.3) is 0 Å². The summed E-state index contributed by atoms with van der Waals surface area (Å²) in [6, 6.07) is 7.42. The van der Waals surface area contributed by atoms with Crippen molar-refractivity contribution in [1.82, 2.24) is 4.90 Å². The Morgan fingerprint density at radius 3 is 2.43 bits per heavy atom. The maximum Gasteiger partial charge on any atom is 0.222 e. The SMILES string of the molecule is CCOc1ccc(OCCCC(=O)N2CC[C@@H](C(N)=O)C2)cc1. The van der Waals surface area contributed by atoms with Gasteiger partial charge >= 0.3 is 0 Å². The first kappa shape index (κ1) is 17.1. The first-order chi connectivity index (χ1) is 11.1. The Labute approximate surface area is 136 Å². The summed E-state index contributed by atoms with van der Waals surface area (Å²) < 4.78 is 11.0. The van der Waals surface area contributed by atoms with E-state index in [1.165, 1.54) is 0 Å². The number of ether oxygens (including phenoxy) is 2. The van der Waals surface area contributed by atoms with Gasteiger partial charge in [0.25, 0.3) is 0 Å². The third kappa shape index (κ3) is 5.16. The fourth-order valence-corrected chi connectivity index (χ4v) is 2.59. The highest BCUT2D eigenvalue weighted by atomic mass is 16.5. The van der Waals surface area contributed by atoms with Crippen molar-refractivity contribution in [2.24, 2.45) is 11.7 Å². The van der Waals surface area contributed by atoms with Crippen LogP contribution in [0.4, 0.5) is 0 Å². The molecule has 0 bridgehead atoms. The lowest BCUT2D eigenvalue weighted by Gasteiger charge is -2.16. The number of nitrogens with zero attached hydrogens (tertiary/aromatic N) is 1. The highest BCUT2D eigenvalue weighted by Crippen LogP contribution is 2.19. The quantitative estimate of drug-likeness (QED) is 0.737. The fraction of sp³-hybridized carbons (Fsp3) is 0.529. The topological polar surface area (TPSA) is 81.9 Å². The van der Waals surface area contributed by atoms with Crippen LogP contribution < -0.4 is 15.2 Å². The molecule has 1 atom stereocenters. The lowest BCUT2D eigenvalue weighted by atomic mass is 10.1. The smallest absolute Gasteiger partial charge is 0.222 e. The molecule has 0 spiro atoms. The molecule has 1 aliphatic rings. The van der Waals surface area contributed by atoms with Gasteiger partial charge in [0.2, 0.25) is 11.8 Å². The predicted molar refractivity (Wildman–Crippen MR) is 86.2 cm³/mol. The molecule has 126 valence electrons. The molecule has 2 rings (SSSR count). The highest BCUT2D eigenvalue weighted by molar-refractivity contribution is 5.81. The van der Waals surface area contributed by atoms with Crippen molar-refractivity contribution in [3.05, 3.63) is 24.3 Å². The van der Waals surface area contributed by atoms with E-state index in [1.807, 2.05) is 31.2 Å². The van der Waals surface area contributed by atoms with E-state index in [9.17, 15) is 9.59 Å². The largest absolute Gasteiger partial charge is 0.494 e. The second-order valence-electron chi connectivity index (χ2n) is 5.58. The fourth-order valence-electron chi connectivity index (χ4n) is 2.59. The van der Waals surface area contributed by atoms with Crippen LogP contribution in [0.5, 0.6) is 11.5 Å². The third-order valence-electron chi connectivity index (χ3n) is 3.88. The maximum absolute atomic E-state index is 12.0. The van der Waals surface area contributed by atoms with Crippen LogP contribution in [-0.4, -0.2) is 43.0 Å². The molecule has 0 aromatic heterocycles. The summed E-state index contributed by atoms with van der Waals surface area (Å²) >= 11 is 0. The molecule has 1 aromatic carbocycles. The Bertz CT molecular complexity index is 530. The molecule has 1 heterocycles. The minimum Gasteiger partial charge on any atom is -0.494 e. The molecule has 0 aliphatic carbocycles. The van der Waals surface area contributed by atoms with Gasteiger partial charge in [0.15, 0.2) is 0 Å². The van der Waals surface area contributed by atoms with Gasteiger partial charge in [-0.25, -0.2) is 0 Å². The van der Waals surface area contributed by atoms with Gasteiger partial charge in [-0.2, -0.15) is 0 Å². The standard InChI is InChI=1S/C17H24N2O4/c1-2-22-14-5-7-15(8-6-14)23-11-3-4-16(20)19-10-9-13(12-19)17(18)21/h5-8,13H,2-4,9-12H2,1H3,(H2,18,21)/t13-/m1/s1. The van der Waals surface area contributed by atoms with E-state index in [0.29, 0.717) is 45.6 Å². The van der Waals surface area contributed by atoms with Crippen LogP contribution in [-0.2, 0) is 9.59 Å². The molecular formula is C17H24N2O4. The van der Waals surface area contributed by atoms with Crippen LogP contribution in [0, 0.1) is 5.92 Å². The number of rotatable bonds is 8. The molecule has 1 aromatic rings. The third-order valence-corrected chi connectivity index (χ3v) is 3.88. The first-order valence-corrected chi connectivity index (χ1v) is 8.03. The lowest BCUT2D eigenvalue weighted by Crippen LogP contribution is -2.31. The molecule has 1 saturated heterocycles. The summed E-state index contributed by atoms with van der Waals surface area (Å²) in [5.74, 6) is 1.12. The van der Waals surface area contributed by atoms with Crippen molar-refractivity contribution in [2.75, 3.05) is 26.3 Å². The molecule has 23 heavy (non-hydrogen) atoms. The van der Waals surface area contributed by atoms with Crippen molar-refractivity contribution in [3.63, 3.8) is 0 Å². The number of carbonyl (C=O) groups excluding carboxylic acids is 2. The zero-order chi connectivity index (χ0) is 16.7. The van der Waals surface area contributed by atoms with E-state index in [2.05, 4.69) is 0 Å². The van der Waals surface area contributed by atoms with Crippen molar-refractivity contribution in [3.8, 4) is 11.5 Å². The maximum atomic E-state index is 12.0. The van der Waals surface area contributed by atoms with Gasteiger partial charge in [-0.1, -0.05) is 0 Å². The number of hydrogen-bond donors (Lipinski definition) is 1. The number of nitrogens with two attached hydrogens (primary N) is 1. The van der Waals surface area contributed by atoms with E-state index < -0.39 is 0 Å². The molecule has 1 fully saturated rings. The Balaban J connectivity index is 1.65. The number of benzene rings is 1. The summed E-state index contributed by atoms with van der Waals surface area (Å²) in [5.41, 5.74) is 5.27. The van der Waals surface area contributed by atoms with E-state index in [-0.39, 0.29) is 17.7 Å². The second kappa shape index (κ2) is 8.41. The minimum atomic E-state index is -0.320. The second-order valence-corrected chi connectivity index (χ2v) is 5.58. The molecule has 6 heteroatoms. The molecule has 1 aliphatic heterocycles. The van der Waals surface area contributed by atoms with Gasteiger partial charge in [0, 0.05) is 19.5 Å². The Morgan fingerprint density at radius 1 is 1.22 bits per heavy atom. The van der Waals surface area contributed by atoms with E-state index >= 15 is 0 Å².